The highest BCUT2D eigenvalue weighted by atomic mass is 16.5. The third kappa shape index (κ3) is 3.52. The Kier molecular flexibility index (Phi) is 4.33. The number of amides is 1. The van der Waals surface area contributed by atoms with Gasteiger partial charge >= 0.3 is 6.09 Å². The van der Waals surface area contributed by atoms with Crippen LogP contribution in [0.5, 0.6) is 0 Å². The molecule has 2 aromatic heterocycles. The molecule has 4 aromatic rings. The second-order valence-corrected chi connectivity index (χ2v) is 6.28. The highest BCUT2D eigenvalue weighted by Gasteiger charge is 2.11. The van der Waals surface area contributed by atoms with Crippen molar-refractivity contribution in [2.24, 2.45) is 14.1 Å². The summed E-state index contributed by atoms with van der Waals surface area (Å²) in [5.41, 5.74) is 4.56. The number of imidazole rings is 1. The van der Waals surface area contributed by atoms with E-state index in [9.17, 15) is 4.79 Å². The van der Waals surface area contributed by atoms with Gasteiger partial charge in [0.05, 0.1) is 23.1 Å². The van der Waals surface area contributed by atoms with Gasteiger partial charge in [-0.25, -0.2) is 9.78 Å². The Bertz CT molecular complexity index is 1100. The average molecular weight is 361 g/mol. The summed E-state index contributed by atoms with van der Waals surface area (Å²) in [4.78, 5) is 16.5. The number of benzene rings is 2. The fourth-order valence-electron chi connectivity index (χ4n) is 2.90. The standard InChI is InChI=1S/C20H19N5O2/c1-24-13-21-17-10-14(8-9-18(17)24)12-27-20(26)22-19-11-16(23-25(19)2)15-6-4-3-5-7-15/h3-11,13H,12H2,1-2H3,(H,22,26). The third-order valence-corrected chi connectivity index (χ3v) is 4.34. The number of carbonyl (C=O) groups is 1. The molecule has 0 aliphatic rings. The van der Waals surface area contributed by atoms with E-state index in [2.05, 4.69) is 15.4 Å². The Morgan fingerprint density at radius 2 is 1.93 bits per heavy atom. The molecule has 0 fully saturated rings. The minimum atomic E-state index is -0.529. The normalized spacial score (nSPS) is 10.9. The molecule has 0 spiro atoms. The lowest BCUT2D eigenvalue weighted by Crippen LogP contribution is -2.15. The van der Waals surface area contributed by atoms with Gasteiger partial charge in [-0.05, 0) is 17.7 Å². The van der Waals surface area contributed by atoms with E-state index in [4.69, 9.17) is 4.74 Å². The highest BCUT2D eigenvalue weighted by Crippen LogP contribution is 2.21. The zero-order chi connectivity index (χ0) is 18.8. The van der Waals surface area contributed by atoms with Crippen LogP contribution < -0.4 is 5.32 Å². The van der Waals surface area contributed by atoms with Crippen molar-refractivity contribution >= 4 is 22.9 Å². The topological polar surface area (TPSA) is 74.0 Å². The number of fused-ring (bicyclic) bond motifs is 1. The summed E-state index contributed by atoms with van der Waals surface area (Å²) in [5, 5.41) is 7.16. The number of carbonyl (C=O) groups excluding carboxylic acids is 1. The monoisotopic (exact) mass is 361 g/mol. The summed E-state index contributed by atoms with van der Waals surface area (Å²) in [6.07, 6.45) is 1.23. The molecule has 0 aliphatic heterocycles. The van der Waals surface area contributed by atoms with Crippen molar-refractivity contribution in [2.45, 2.75) is 6.61 Å². The first-order chi connectivity index (χ1) is 13.1. The van der Waals surface area contributed by atoms with Gasteiger partial charge in [0.25, 0.3) is 0 Å². The first-order valence-electron chi connectivity index (χ1n) is 8.53. The van der Waals surface area contributed by atoms with Crippen LogP contribution in [0.1, 0.15) is 5.56 Å². The van der Waals surface area contributed by atoms with Gasteiger partial charge < -0.3 is 9.30 Å². The number of rotatable bonds is 4. The summed E-state index contributed by atoms with van der Waals surface area (Å²) < 4.78 is 8.89. The largest absolute Gasteiger partial charge is 0.444 e. The molecule has 136 valence electrons. The summed E-state index contributed by atoms with van der Waals surface area (Å²) in [7, 11) is 3.72. The van der Waals surface area contributed by atoms with Crippen LogP contribution in [0, 0.1) is 0 Å². The van der Waals surface area contributed by atoms with E-state index in [0.29, 0.717) is 5.82 Å². The van der Waals surface area contributed by atoms with E-state index in [-0.39, 0.29) is 6.61 Å². The molecular formula is C20H19N5O2. The van der Waals surface area contributed by atoms with Crippen molar-refractivity contribution in [1.82, 2.24) is 19.3 Å². The van der Waals surface area contributed by atoms with E-state index in [1.54, 1.807) is 18.1 Å². The molecule has 0 unspecified atom stereocenters. The van der Waals surface area contributed by atoms with Gasteiger partial charge in [-0.2, -0.15) is 5.10 Å². The predicted octanol–water partition coefficient (Wildman–Crippen LogP) is 3.72. The molecule has 1 N–H and O–H groups in total. The van der Waals surface area contributed by atoms with Crippen molar-refractivity contribution in [3.05, 3.63) is 66.5 Å². The first kappa shape index (κ1) is 16.8. The maximum atomic E-state index is 12.2. The van der Waals surface area contributed by atoms with Crippen molar-refractivity contribution in [2.75, 3.05) is 5.32 Å². The average Bonchev–Trinajstić information content (AvgIpc) is 3.24. The van der Waals surface area contributed by atoms with E-state index in [1.165, 1.54) is 0 Å². The van der Waals surface area contributed by atoms with Crippen molar-refractivity contribution in [1.29, 1.82) is 0 Å². The molecule has 0 saturated carbocycles. The predicted molar refractivity (Wildman–Crippen MR) is 103 cm³/mol. The second kappa shape index (κ2) is 6.95. The Morgan fingerprint density at radius 1 is 1.11 bits per heavy atom. The number of nitrogens with one attached hydrogen (secondary N) is 1. The molecule has 0 atom stereocenters. The van der Waals surface area contributed by atoms with E-state index >= 15 is 0 Å². The van der Waals surface area contributed by atoms with Gasteiger partial charge in [0.1, 0.15) is 12.4 Å². The van der Waals surface area contributed by atoms with Gasteiger partial charge in [0.15, 0.2) is 0 Å². The maximum absolute atomic E-state index is 12.2. The maximum Gasteiger partial charge on any atom is 0.413 e. The van der Waals surface area contributed by atoms with Crippen LogP contribution in [0.3, 0.4) is 0 Å². The molecule has 2 aromatic carbocycles. The summed E-state index contributed by atoms with van der Waals surface area (Å²) >= 11 is 0. The van der Waals surface area contributed by atoms with Gasteiger partial charge in [0, 0.05) is 25.7 Å². The van der Waals surface area contributed by atoms with Crippen LogP contribution in [0.25, 0.3) is 22.3 Å². The minimum absolute atomic E-state index is 0.168. The molecule has 1 amide bonds. The third-order valence-electron chi connectivity index (χ3n) is 4.34. The fourth-order valence-corrected chi connectivity index (χ4v) is 2.90. The molecule has 0 radical (unpaired) electrons. The molecule has 0 aliphatic carbocycles. The molecule has 7 heteroatoms. The van der Waals surface area contributed by atoms with E-state index in [0.717, 1.165) is 27.9 Å². The number of hydrogen-bond donors (Lipinski definition) is 1. The van der Waals surface area contributed by atoms with Gasteiger partial charge in [-0.3, -0.25) is 10.00 Å². The molecule has 0 saturated heterocycles. The van der Waals surface area contributed by atoms with Gasteiger partial charge in [-0.15, -0.1) is 0 Å². The van der Waals surface area contributed by atoms with E-state index < -0.39 is 6.09 Å². The van der Waals surface area contributed by atoms with Crippen molar-refractivity contribution in [3.8, 4) is 11.3 Å². The molecule has 0 bridgehead atoms. The summed E-state index contributed by atoms with van der Waals surface area (Å²) in [5.74, 6) is 0.569. The zero-order valence-electron chi connectivity index (χ0n) is 15.1. The smallest absolute Gasteiger partial charge is 0.413 e. The second-order valence-electron chi connectivity index (χ2n) is 6.28. The Balaban J connectivity index is 1.41. The number of ether oxygens (including phenoxy) is 1. The Morgan fingerprint density at radius 3 is 2.74 bits per heavy atom. The number of anilines is 1. The molecular weight excluding hydrogens is 342 g/mol. The number of hydrogen-bond acceptors (Lipinski definition) is 4. The number of aryl methyl sites for hydroxylation is 2. The lowest BCUT2D eigenvalue weighted by molar-refractivity contribution is 0.155. The fraction of sp³-hybridized carbons (Fsp3) is 0.150. The van der Waals surface area contributed by atoms with E-state index in [1.807, 2.05) is 66.2 Å². The SMILES string of the molecule is Cn1nc(-c2ccccc2)cc1NC(=O)OCc1ccc2c(c1)ncn2C. The number of aromatic nitrogens is 4. The quantitative estimate of drug-likeness (QED) is 0.601. The van der Waals surface area contributed by atoms with Crippen LogP contribution in [0.4, 0.5) is 10.6 Å². The molecule has 2 heterocycles. The van der Waals surface area contributed by atoms with Crippen LogP contribution in [-0.4, -0.2) is 25.4 Å². The van der Waals surface area contributed by atoms with Crippen molar-refractivity contribution in [3.63, 3.8) is 0 Å². The summed E-state index contributed by atoms with van der Waals surface area (Å²) in [6.45, 7) is 0.168. The zero-order valence-corrected chi connectivity index (χ0v) is 15.1. The van der Waals surface area contributed by atoms with Crippen LogP contribution in [0.2, 0.25) is 0 Å². The van der Waals surface area contributed by atoms with Crippen LogP contribution in [0.15, 0.2) is 60.9 Å². The van der Waals surface area contributed by atoms with Crippen molar-refractivity contribution < 1.29 is 9.53 Å². The lowest BCUT2D eigenvalue weighted by Gasteiger charge is -2.07. The summed E-state index contributed by atoms with van der Waals surface area (Å²) in [6, 6.07) is 17.4. The Labute approximate surface area is 156 Å². The minimum Gasteiger partial charge on any atom is -0.444 e. The molecule has 7 nitrogen and oxygen atoms in total. The molecule has 4 rings (SSSR count). The molecule has 27 heavy (non-hydrogen) atoms. The van der Waals surface area contributed by atoms with Gasteiger partial charge in [0.2, 0.25) is 0 Å². The lowest BCUT2D eigenvalue weighted by atomic mass is 10.2. The number of nitrogens with zero attached hydrogens (tertiary/aromatic N) is 4. The van der Waals surface area contributed by atoms with Crippen LogP contribution >= 0.6 is 0 Å². The Hall–Kier alpha value is -3.61. The highest BCUT2D eigenvalue weighted by molar-refractivity contribution is 5.84. The van der Waals surface area contributed by atoms with Gasteiger partial charge in [-0.1, -0.05) is 36.4 Å². The van der Waals surface area contributed by atoms with Crippen LogP contribution in [-0.2, 0) is 25.4 Å². The first-order valence-corrected chi connectivity index (χ1v) is 8.53.